The van der Waals surface area contributed by atoms with Crippen molar-refractivity contribution in [2.45, 2.75) is 6.42 Å². The second-order valence-corrected chi connectivity index (χ2v) is 4.52. The molecule has 112 valence electrons. The molecule has 0 saturated heterocycles. The zero-order valence-electron chi connectivity index (χ0n) is 11.8. The Morgan fingerprint density at radius 2 is 2.05 bits per heavy atom. The number of hydrogen-bond donors (Lipinski definition) is 1. The molecule has 1 aromatic rings. The fraction of sp³-hybridized carbons (Fsp3) is 0.357. The minimum atomic E-state index is -0.490. The topological polar surface area (TPSA) is 84.9 Å². The molecule has 0 saturated carbocycles. The number of amides is 1. The number of nitrogens with zero attached hydrogens (tertiary/aromatic N) is 1. The number of hydrogen-bond acceptors (Lipinski definition) is 6. The van der Waals surface area contributed by atoms with Crippen molar-refractivity contribution in [1.29, 1.82) is 0 Å². The van der Waals surface area contributed by atoms with Crippen LogP contribution in [0.4, 0.5) is 11.4 Å². The van der Waals surface area contributed by atoms with E-state index in [2.05, 4.69) is 14.8 Å². The largest absolute Gasteiger partial charge is 0.468 e. The van der Waals surface area contributed by atoms with Crippen LogP contribution in [-0.2, 0) is 19.1 Å². The molecule has 0 bridgehead atoms. The number of fused-ring (bicyclic) bond motifs is 1. The Hall–Kier alpha value is -2.57. The van der Waals surface area contributed by atoms with Crippen LogP contribution in [0.3, 0.4) is 0 Å². The van der Waals surface area contributed by atoms with E-state index in [1.807, 2.05) is 0 Å². The minimum absolute atomic E-state index is 0.0377. The highest BCUT2D eigenvalue weighted by Crippen LogP contribution is 2.30. The van der Waals surface area contributed by atoms with Crippen LogP contribution in [0.1, 0.15) is 16.8 Å². The molecule has 0 aromatic heterocycles. The summed E-state index contributed by atoms with van der Waals surface area (Å²) in [6.45, 7) is 0.432. The number of carbonyl (C=O) groups excluding carboxylic acids is 3. The first-order valence-electron chi connectivity index (χ1n) is 6.39. The molecule has 0 aliphatic carbocycles. The Balaban J connectivity index is 2.37. The van der Waals surface area contributed by atoms with Crippen molar-refractivity contribution in [2.24, 2.45) is 0 Å². The molecular formula is C14H16N2O5. The monoisotopic (exact) mass is 292 g/mol. The summed E-state index contributed by atoms with van der Waals surface area (Å²) in [5.41, 5.74) is 1.47. The maximum absolute atomic E-state index is 11.7. The second kappa shape index (κ2) is 6.25. The lowest BCUT2D eigenvalue weighted by molar-refractivity contribution is -0.139. The number of ether oxygens (including phenoxy) is 2. The molecular weight excluding hydrogens is 276 g/mol. The van der Waals surface area contributed by atoms with Crippen LogP contribution in [0, 0.1) is 0 Å². The summed E-state index contributed by atoms with van der Waals surface area (Å²) in [7, 11) is 2.60. The first-order valence-corrected chi connectivity index (χ1v) is 6.39. The number of anilines is 2. The van der Waals surface area contributed by atoms with Gasteiger partial charge >= 0.3 is 11.9 Å². The maximum atomic E-state index is 11.7. The van der Waals surface area contributed by atoms with E-state index < -0.39 is 11.9 Å². The SMILES string of the molecule is COC(=O)CN1CCC(=O)Nc2cc(C(=O)OC)ccc21. The normalized spacial score (nSPS) is 13.8. The van der Waals surface area contributed by atoms with Crippen molar-refractivity contribution < 1.29 is 23.9 Å². The fourth-order valence-corrected chi connectivity index (χ4v) is 2.11. The Labute approximate surface area is 121 Å². The van der Waals surface area contributed by atoms with Gasteiger partial charge in [0.2, 0.25) is 5.91 Å². The highest BCUT2D eigenvalue weighted by atomic mass is 16.5. The predicted octanol–water partition coefficient (Wildman–Crippen LogP) is 0.795. The molecule has 1 aromatic carbocycles. The van der Waals surface area contributed by atoms with Gasteiger partial charge in [-0.05, 0) is 18.2 Å². The molecule has 7 heteroatoms. The van der Waals surface area contributed by atoms with Gasteiger partial charge in [0.15, 0.2) is 0 Å². The van der Waals surface area contributed by atoms with Crippen LogP contribution < -0.4 is 10.2 Å². The third-order valence-electron chi connectivity index (χ3n) is 3.19. The van der Waals surface area contributed by atoms with E-state index in [4.69, 9.17) is 0 Å². The molecule has 7 nitrogen and oxygen atoms in total. The van der Waals surface area contributed by atoms with Gasteiger partial charge in [0.05, 0.1) is 31.2 Å². The third-order valence-corrected chi connectivity index (χ3v) is 3.19. The number of esters is 2. The van der Waals surface area contributed by atoms with Gasteiger partial charge in [-0.3, -0.25) is 9.59 Å². The summed E-state index contributed by atoms with van der Waals surface area (Å²) < 4.78 is 9.31. The highest BCUT2D eigenvalue weighted by Gasteiger charge is 2.22. The number of nitrogens with one attached hydrogen (secondary N) is 1. The highest BCUT2D eigenvalue weighted by molar-refractivity contribution is 6.00. The van der Waals surface area contributed by atoms with E-state index in [0.717, 1.165) is 0 Å². The van der Waals surface area contributed by atoms with Crippen LogP contribution in [0.15, 0.2) is 18.2 Å². The summed E-state index contributed by atoms with van der Waals surface area (Å²) in [6, 6.07) is 4.80. The standard InChI is InChI=1S/C14H16N2O5/c1-20-13(18)8-16-6-5-12(17)15-10-7-9(14(19)21-2)3-4-11(10)16/h3-4,7H,5-6,8H2,1-2H3,(H,15,17). The molecule has 2 rings (SSSR count). The molecule has 0 atom stereocenters. The van der Waals surface area contributed by atoms with E-state index in [9.17, 15) is 14.4 Å². The molecule has 0 fully saturated rings. The molecule has 0 unspecified atom stereocenters. The van der Waals surface area contributed by atoms with E-state index in [0.29, 0.717) is 23.5 Å². The van der Waals surface area contributed by atoms with Crippen molar-refractivity contribution in [3.05, 3.63) is 23.8 Å². The lowest BCUT2D eigenvalue weighted by Gasteiger charge is -2.22. The third kappa shape index (κ3) is 3.31. The van der Waals surface area contributed by atoms with Gasteiger partial charge in [-0.2, -0.15) is 0 Å². The molecule has 0 spiro atoms. The van der Waals surface area contributed by atoms with Crippen molar-refractivity contribution >= 4 is 29.2 Å². The first kappa shape index (κ1) is 14.8. The molecule has 1 N–H and O–H groups in total. The molecule has 1 aliphatic rings. The Bertz CT molecular complexity index is 585. The number of carbonyl (C=O) groups is 3. The zero-order valence-corrected chi connectivity index (χ0v) is 11.8. The Kier molecular flexibility index (Phi) is 4.42. The van der Waals surface area contributed by atoms with Gasteiger partial charge in [-0.15, -0.1) is 0 Å². The van der Waals surface area contributed by atoms with E-state index >= 15 is 0 Å². The Morgan fingerprint density at radius 3 is 2.71 bits per heavy atom. The summed E-state index contributed by atoms with van der Waals surface area (Å²) in [4.78, 5) is 36.5. The average Bonchev–Trinajstić information content (AvgIpc) is 2.64. The van der Waals surface area contributed by atoms with Gasteiger partial charge in [0, 0.05) is 13.0 Å². The molecule has 1 amide bonds. The van der Waals surface area contributed by atoms with Crippen LogP contribution in [0.25, 0.3) is 0 Å². The number of benzene rings is 1. The second-order valence-electron chi connectivity index (χ2n) is 4.52. The maximum Gasteiger partial charge on any atom is 0.337 e. The quantitative estimate of drug-likeness (QED) is 0.829. The van der Waals surface area contributed by atoms with Crippen molar-refractivity contribution in [2.75, 3.05) is 37.5 Å². The molecule has 21 heavy (non-hydrogen) atoms. The first-order chi connectivity index (χ1) is 10.0. The van der Waals surface area contributed by atoms with Crippen LogP contribution in [-0.4, -0.2) is 45.2 Å². The van der Waals surface area contributed by atoms with Gasteiger partial charge < -0.3 is 19.7 Å². The number of methoxy groups -OCH3 is 2. The van der Waals surface area contributed by atoms with E-state index in [-0.39, 0.29) is 18.9 Å². The van der Waals surface area contributed by atoms with Crippen LogP contribution in [0.5, 0.6) is 0 Å². The fourth-order valence-electron chi connectivity index (χ4n) is 2.11. The molecule has 0 radical (unpaired) electrons. The lowest BCUT2D eigenvalue weighted by atomic mass is 10.1. The minimum Gasteiger partial charge on any atom is -0.468 e. The smallest absolute Gasteiger partial charge is 0.337 e. The van der Waals surface area contributed by atoms with Gasteiger partial charge in [0.25, 0.3) is 0 Å². The summed E-state index contributed by atoms with van der Waals surface area (Å²) in [5, 5.41) is 2.72. The summed E-state index contributed by atoms with van der Waals surface area (Å²) in [6.07, 6.45) is 0.249. The lowest BCUT2D eigenvalue weighted by Crippen LogP contribution is -2.31. The van der Waals surface area contributed by atoms with Crippen molar-refractivity contribution in [3.63, 3.8) is 0 Å². The number of rotatable bonds is 3. The van der Waals surface area contributed by atoms with Crippen molar-refractivity contribution in [1.82, 2.24) is 0 Å². The van der Waals surface area contributed by atoms with Crippen molar-refractivity contribution in [3.8, 4) is 0 Å². The summed E-state index contributed by atoms with van der Waals surface area (Å²) in [5.74, 6) is -1.06. The summed E-state index contributed by atoms with van der Waals surface area (Å²) >= 11 is 0. The molecule has 1 heterocycles. The van der Waals surface area contributed by atoms with Gasteiger partial charge in [0.1, 0.15) is 6.54 Å². The van der Waals surface area contributed by atoms with Crippen LogP contribution >= 0.6 is 0 Å². The van der Waals surface area contributed by atoms with Gasteiger partial charge in [-0.1, -0.05) is 0 Å². The Morgan fingerprint density at radius 1 is 1.29 bits per heavy atom. The van der Waals surface area contributed by atoms with E-state index in [1.54, 1.807) is 17.0 Å². The molecule has 1 aliphatic heterocycles. The average molecular weight is 292 g/mol. The zero-order chi connectivity index (χ0) is 15.4. The van der Waals surface area contributed by atoms with Crippen LogP contribution in [0.2, 0.25) is 0 Å². The van der Waals surface area contributed by atoms with Gasteiger partial charge in [-0.25, -0.2) is 4.79 Å². The predicted molar refractivity (Wildman–Crippen MR) is 75.3 cm³/mol. The van der Waals surface area contributed by atoms with E-state index in [1.165, 1.54) is 20.3 Å².